The molecule has 3 heteroatoms. The summed E-state index contributed by atoms with van der Waals surface area (Å²) in [7, 11) is 2.33. The van der Waals surface area contributed by atoms with Crippen LogP contribution in [0, 0.1) is 11.8 Å². The number of rotatable bonds is 6. The van der Waals surface area contributed by atoms with E-state index < -0.39 is 0 Å². The molecule has 112 valence electrons. The molecule has 19 heavy (non-hydrogen) atoms. The van der Waals surface area contributed by atoms with Gasteiger partial charge in [0.05, 0.1) is 0 Å². The molecule has 3 nitrogen and oxygen atoms in total. The third-order valence-corrected chi connectivity index (χ3v) is 5.22. The lowest BCUT2D eigenvalue weighted by Gasteiger charge is -2.27. The average molecular weight is 267 g/mol. The van der Waals surface area contributed by atoms with Crippen LogP contribution in [0.4, 0.5) is 0 Å². The Hall–Kier alpha value is -0.120. The second kappa shape index (κ2) is 7.05. The van der Waals surface area contributed by atoms with Crippen molar-refractivity contribution in [2.45, 2.75) is 58.0 Å². The van der Waals surface area contributed by atoms with Crippen LogP contribution in [-0.4, -0.2) is 55.1 Å². The molecule has 2 aliphatic rings. The maximum atomic E-state index is 5.92. The predicted octanol–water partition coefficient (Wildman–Crippen LogP) is 2.17. The van der Waals surface area contributed by atoms with Crippen LogP contribution in [0.5, 0.6) is 0 Å². The molecule has 2 rings (SSSR count). The molecule has 0 amide bonds. The van der Waals surface area contributed by atoms with Crippen molar-refractivity contribution in [3.63, 3.8) is 0 Å². The summed E-state index contributed by atoms with van der Waals surface area (Å²) >= 11 is 0. The summed E-state index contributed by atoms with van der Waals surface area (Å²) in [6.45, 7) is 9.31. The van der Waals surface area contributed by atoms with Gasteiger partial charge in [0.15, 0.2) is 0 Å². The van der Waals surface area contributed by atoms with Gasteiger partial charge in [-0.25, -0.2) is 0 Å². The topological polar surface area (TPSA) is 32.5 Å². The van der Waals surface area contributed by atoms with Gasteiger partial charge in [0, 0.05) is 18.6 Å². The molecule has 0 aromatic carbocycles. The summed E-state index contributed by atoms with van der Waals surface area (Å²) < 4.78 is 0. The number of nitrogens with zero attached hydrogens (tertiary/aromatic N) is 2. The van der Waals surface area contributed by atoms with Crippen LogP contribution in [0.1, 0.15) is 46.0 Å². The Morgan fingerprint density at radius 2 is 1.89 bits per heavy atom. The molecular weight excluding hydrogens is 234 g/mol. The molecule has 0 aromatic rings. The second-order valence-electron chi connectivity index (χ2n) is 7.16. The van der Waals surface area contributed by atoms with Crippen LogP contribution in [0.15, 0.2) is 0 Å². The number of likely N-dealkylation sites (N-methyl/N-ethyl adjacent to an activating group) is 1. The largest absolute Gasteiger partial charge is 0.330 e. The lowest BCUT2D eigenvalue weighted by Crippen LogP contribution is -2.37. The van der Waals surface area contributed by atoms with Crippen LogP contribution < -0.4 is 5.73 Å². The quantitative estimate of drug-likeness (QED) is 0.800. The number of fused-ring (bicyclic) bond motifs is 2. The van der Waals surface area contributed by atoms with Crippen molar-refractivity contribution < 1.29 is 0 Å². The fourth-order valence-electron chi connectivity index (χ4n) is 3.95. The van der Waals surface area contributed by atoms with Gasteiger partial charge in [-0.05, 0) is 70.6 Å². The van der Waals surface area contributed by atoms with Crippen molar-refractivity contribution in [2.24, 2.45) is 17.6 Å². The molecule has 2 aliphatic heterocycles. The molecule has 2 heterocycles. The first-order valence-electron chi connectivity index (χ1n) is 8.24. The SMILES string of the molecule is CC(C)CC(CN)CCN1CCC2CCC(C1)N2C. The Morgan fingerprint density at radius 3 is 2.58 bits per heavy atom. The molecular formula is C16H33N3. The van der Waals surface area contributed by atoms with Gasteiger partial charge in [0.25, 0.3) is 0 Å². The Labute approximate surface area is 119 Å². The van der Waals surface area contributed by atoms with E-state index in [2.05, 4.69) is 30.7 Å². The van der Waals surface area contributed by atoms with E-state index in [0.717, 1.165) is 30.5 Å². The summed E-state index contributed by atoms with van der Waals surface area (Å²) in [4.78, 5) is 5.33. The van der Waals surface area contributed by atoms with Crippen molar-refractivity contribution in [2.75, 3.05) is 33.2 Å². The van der Waals surface area contributed by atoms with E-state index >= 15 is 0 Å². The van der Waals surface area contributed by atoms with E-state index in [4.69, 9.17) is 5.73 Å². The van der Waals surface area contributed by atoms with E-state index in [0.29, 0.717) is 0 Å². The second-order valence-corrected chi connectivity index (χ2v) is 7.16. The van der Waals surface area contributed by atoms with Crippen molar-refractivity contribution in [1.29, 1.82) is 0 Å². The summed E-state index contributed by atoms with van der Waals surface area (Å²) in [5.74, 6) is 1.50. The zero-order valence-electron chi connectivity index (χ0n) is 13.1. The van der Waals surface area contributed by atoms with Gasteiger partial charge in [0.1, 0.15) is 0 Å². The van der Waals surface area contributed by atoms with Gasteiger partial charge in [-0.1, -0.05) is 13.8 Å². The maximum Gasteiger partial charge on any atom is 0.0223 e. The average Bonchev–Trinajstić information content (AvgIpc) is 2.60. The predicted molar refractivity (Wildman–Crippen MR) is 82.2 cm³/mol. The molecule has 0 saturated carbocycles. The fraction of sp³-hybridized carbons (Fsp3) is 1.00. The minimum absolute atomic E-state index is 0.721. The van der Waals surface area contributed by atoms with Crippen LogP contribution in [0.3, 0.4) is 0 Å². The van der Waals surface area contributed by atoms with E-state index in [1.807, 2.05) is 0 Å². The Kier molecular flexibility index (Phi) is 5.67. The number of likely N-dealkylation sites (tertiary alicyclic amines) is 1. The molecule has 0 aromatic heterocycles. The van der Waals surface area contributed by atoms with Crippen LogP contribution >= 0.6 is 0 Å². The molecule has 2 N–H and O–H groups in total. The zero-order valence-corrected chi connectivity index (χ0v) is 13.1. The van der Waals surface area contributed by atoms with Crippen molar-refractivity contribution in [3.05, 3.63) is 0 Å². The Bertz CT molecular complexity index is 267. The van der Waals surface area contributed by atoms with Crippen molar-refractivity contribution in [3.8, 4) is 0 Å². The lowest BCUT2D eigenvalue weighted by molar-refractivity contribution is 0.207. The molecule has 2 bridgehead atoms. The van der Waals surface area contributed by atoms with Crippen molar-refractivity contribution in [1.82, 2.24) is 9.80 Å². The first-order valence-corrected chi connectivity index (χ1v) is 8.24. The van der Waals surface area contributed by atoms with Crippen LogP contribution in [0.2, 0.25) is 0 Å². The van der Waals surface area contributed by atoms with E-state index in [1.54, 1.807) is 0 Å². The number of nitrogens with two attached hydrogens (primary N) is 1. The van der Waals surface area contributed by atoms with Crippen LogP contribution in [0.25, 0.3) is 0 Å². The van der Waals surface area contributed by atoms with Gasteiger partial charge in [-0.15, -0.1) is 0 Å². The first-order chi connectivity index (χ1) is 9.10. The zero-order chi connectivity index (χ0) is 13.8. The molecule has 3 atom stereocenters. The Balaban J connectivity index is 1.76. The highest BCUT2D eigenvalue weighted by Crippen LogP contribution is 2.28. The minimum Gasteiger partial charge on any atom is -0.330 e. The minimum atomic E-state index is 0.721. The first kappa shape index (κ1) is 15.3. The number of hydrogen-bond acceptors (Lipinski definition) is 3. The molecule has 2 saturated heterocycles. The standard InChI is InChI=1S/C16H33N3/c1-13(2)10-14(11-17)6-8-19-9-7-15-4-5-16(12-19)18(15)3/h13-16H,4-12,17H2,1-3H3. The van der Waals surface area contributed by atoms with E-state index in [-0.39, 0.29) is 0 Å². The van der Waals surface area contributed by atoms with Gasteiger partial charge >= 0.3 is 0 Å². The maximum absolute atomic E-state index is 5.92. The summed E-state index contributed by atoms with van der Waals surface area (Å²) in [6, 6.07) is 1.67. The van der Waals surface area contributed by atoms with Gasteiger partial charge in [-0.3, -0.25) is 4.90 Å². The molecule has 2 fully saturated rings. The third kappa shape index (κ3) is 4.17. The van der Waals surface area contributed by atoms with E-state index in [1.165, 1.54) is 51.7 Å². The van der Waals surface area contributed by atoms with Crippen molar-refractivity contribution >= 4 is 0 Å². The normalized spacial score (nSPS) is 30.8. The van der Waals surface area contributed by atoms with E-state index in [9.17, 15) is 0 Å². The molecule has 0 aliphatic carbocycles. The van der Waals surface area contributed by atoms with Crippen LogP contribution in [-0.2, 0) is 0 Å². The molecule has 0 spiro atoms. The van der Waals surface area contributed by atoms with Gasteiger partial charge < -0.3 is 10.6 Å². The van der Waals surface area contributed by atoms with Gasteiger partial charge in [0.2, 0.25) is 0 Å². The summed E-state index contributed by atoms with van der Waals surface area (Å²) in [6.07, 6.45) is 6.77. The highest BCUT2D eigenvalue weighted by Gasteiger charge is 2.34. The highest BCUT2D eigenvalue weighted by molar-refractivity contribution is 4.91. The number of hydrogen-bond donors (Lipinski definition) is 1. The molecule has 0 radical (unpaired) electrons. The fourth-order valence-corrected chi connectivity index (χ4v) is 3.95. The Morgan fingerprint density at radius 1 is 1.16 bits per heavy atom. The monoisotopic (exact) mass is 267 g/mol. The summed E-state index contributed by atoms with van der Waals surface area (Å²) in [5.41, 5.74) is 5.92. The smallest absolute Gasteiger partial charge is 0.0223 e. The molecule has 3 unspecified atom stereocenters. The summed E-state index contributed by atoms with van der Waals surface area (Å²) in [5, 5.41) is 0. The highest BCUT2D eigenvalue weighted by atomic mass is 15.3. The third-order valence-electron chi connectivity index (χ3n) is 5.22. The van der Waals surface area contributed by atoms with Gasteiger partial charge in [-0.2, -0.15) is 0 Å². The lowest BCUT2D eigenvalue weighted by atomic mass is 9.94.